The molecule has 14 heavy (non-hydrogen) atoms. The topological polar surface area (TPSA) is 45.2 Å². The molecule has 0 aromatic carbocycles. The minimum Gasteiger partial charge on any atom is -0.347 e. The smallest absolute Gasteiger partial charge is 0.230 e. The molecule has 0 bridgehead atoms. The highest BCUT2D eigenvalue weighted by atomic mass is 32.2. The lowest BCUT2D eigenvalue weighted by Crippen LogP contribution is -2.19. The van der Waals surface area contributed by atoms with Gasteiger partial charge >= 0.3 is 0 Å². The molecule has 5 nitrogen and oxygen atoms in total. The number of hydrogen-bond acceptors (Lipinski definition) is 6. The second kappa shape index (κ2) is 4.45. The van der Waals surface area contributed by atoms with Crippen molar-refractivity contribution in [3.63, 3.8) is 0 Å². The number of hydrogen-bond donors (Lipinski definition) is 0. The van der Waals surface area contributed by atoms with E-state index < -0.39 is 0 Å². The summed E-state index contributed by atoms with van der Waals surface area (Å²) in [6.45, 7) is 0. The van der Waals surface area contributed by atoms with Crippen molar-refractivity contribution in [3.05, 3.63) is 0 Å². The lowest BCUT2D eigenvalue weighted by Gasteiger charge is -2.15. The van der Waals surface area contributed by atoms with Crippen molar-refractivity contribution >= 4 is 23.7 Å². The first-order chi connectivity index (χ1) is 6.54. The third-order valence-electron chi connectivity index (χ3n) is 1.57. The van der Waals surface area contributed by atoms with E-state index in [-0.39, 0.29) is 0 Å². The Labute approximate surface area is 88.6 Å². The molecule has 0 radical (unpaired) electrons. The molecule has 0 saturated carbocycles. The zero-order chi connectivity index (χ0) is 10.7. The Kier molecular flexibility index (Phi) is 3.51. The summed E-state index contributed by atoms with van der Waals surface area (Å²) >= 11 is 1.52. The van der Waals surface area contributed by atoms with Gasteiger partial charge in [0.15, 0.2) is 5.16 Å². The molecule has 0 N–H and O–H groups in total. The van der Waals surface area contributed by atoms with Crippen molar-refractivity contribution in [2.24, 2.45) is 0 Å². The van der Waals surface area contributed by atoms with Crippen LogP contribution in [-0.4, -0.2) is 49.4 Å². The maximum absolute atomic E-state index is 4.30. The SMILES string of the molecule is CSc1nc(N(C)C)nc(N(C)C)n1. The third-order valence-corrected chi connectivity index (χ3v) is 2.12. The Morgan fingerprint density at radius 2 is 1.29 bits per heavy atom. The standard InChI is InChI=1S/C8H15N5S/c1-12(2)6-9-7(13(3)4)11-8(10-6)14-5/h1-5H3. The van der Waals surface area contributed by atoms with Crippen LogP contribution < -0.4 is 9.80 Å². The quantitative estimate of drug-likeness (QED) is 0.690. The molecule has 0 fully saturated rings. The second-order valence-corrected chi connectivity index (χ2v) is 3.98. The molecule has 0 unspecified atom stereocenters. The third kappa shape index (κ3) is 2.47. The highest BCUT2D eigenvalue weighted by Crippen LogP contribution is 2.15. The van der Waals surface area contributed by atoms with Gasteiger partial charge in [-0.3, -0.25) is 0 Å². The first-order valence-electron chi connectivity index (χ1n) is 4.19. The highest BCUT2D eigenvalue weighted by molar-refractivity contribution is 7.98. The molecule has 0 saturated heterocycles. The summed E-state index contributed by atoms with van der Waals surface area (Å²) in [4.78, 5) is 16.6. The Hall–Kier alpha value is -1.04. The Bertz CT molecular complexity index is 286. The number of nitrogens with zero attached hydrogens (tertiary/aromatic N) is 5. The van der Waals surface area contributed by atoms with Gasteiger partial charge in [0, 0.05) is 28.2 Å². The maximum atomic E-state index is 4.30. The van der Waals surface area contributed by atoms with Gasteiger partial charge in [-0.05, 0) is 6.26 Å². The predicted octanol–water partition coefficient (Wildman–Crippen LogP) is 0.726. The van der Waals surface area contributed by atoms with Crippen LogP contribution in [0.1, 0.15) is 0 Å². The largest absolute Gasteiger partial charge is 0.347 e. The van der Waals surface area contributed by atoms with Gasteiger partial charge in [0.05, 0.1) is 0 Å². The van der Waals surface area contributed by atoms with Gasteiger partial charge in [-0.1, -0.05) is 11.8 Å². The molecular formula is C8H15N5S. The normalized spacial score (nSPS) is 10.1. The predicted molar refractivity (Wildman–Crippen MR) is 60.3 cm³/mol. The van der Waals surface area contributed by atoms with E-state index >= 15 is 0 Å². The lowest BCUT2D eigenvalue weighted by atomic mass is 10.7. The van der Waals surface area contributed by atoms with Crippen LogP contribution in [0.4, 0.5) is 11.9 Å². The molecule has 78 valence electrons. The fourth-order valence-electron chi connectivity index (χ4n) is 0.827. The molecule has 0 aliphatic carbocycles. The lowest BCUT2D eigenvalue weighted by molar-refractivity contribution is 0.841. The molecule has 6 heteroatoms. The minimum atomic E-state index is 0.688. The molecule has 1 aromatic heterocycles. The first kappa shape index (κ1) is 11.0. The number of anilines is 2. The van der Waals surface area contributed by atoms with Crippen LogP contribution in [0.3, 0.4) is 0 Å². The molecule has 0 atom stereocenters. The van der Waals surface area contributed by atoms with Crippen LogP contribution in [0, 0.1) is 0 Å². The van der Waals surface area contributed by atoms with Crippen molar-refractivity contribution < 1.29 is 0 Å². The first-order valence-corrected chi connectivity index (χ1v) is 5.41. The molecule has 0 spiro atoms. The summed E-state index contributed by atoms with van der Waals surface area (Å²) in [7, 11) is 7.66. The monoisotopic (exact) mass is 213 g/mol. The van der Waals surface area contributed by atoms with Crippen molar-refractivity contribution in [3.8, 4) is 0 Å². The summed E-state index contributed by atoms with van der Waals surface area (Å²) in [5.41, 5.74) is 0. The molecule has 1 heterocycles. The van der Waals surface area contributed by atoms with Crippen LogP contribution in [0.25, 0.3) is 0 Å². The van der Waals surface area contributed by atoms with E-state index in [1.807, 2.05) is 44.2 Å². The fraction of sp³-hybridized carbons (Fsp3) is 0.625. The van der Waals surface area contributed by atoms with Crippen LogP contribution >= 0.6 is 11.8 Å². The molecule has 0 aliphatic rings. The van der Waals surface area contributed by atoms with Gasteiger partial charge in [0.2, 0.25) is 11.9 Å². The molecule has 1 rings (SSSR count). The fourth-order valence-corrected chi connectivity index (χ4v) is 1.17. The van der Waals surface area contributed by atoms with E-state index in [0.717, 1.165) is 5.16 Å². The van der Waals surface area contributed by atoms with Crippen molar-refractivity contribution in [2.45, 2.75) is 5.16 Å². The Morgan fingerprint density at radius 3 is 1.57 bits per heavy atom. The van der Waals surface area contributed by atoms with Crippen molar-refractivity contribution in [1.29, 1.82) is 0 Å². The molecule has 0 amide bonds. The van der Waals surface area contributed by atoms with Crippen LogP contribution in [0.5, 0.6) is 0 Å². The summed E-state index contributed by atoms with van der Waals surface area (Å²) < 4.78 is 0. The average Bonchev–Trinajstić information content (AvgIpc) is 2.16. The van der Waals surface area contributed by atoms with Crippen LogP contribution in [0.15, 0.2) is 5.16 Å². The number of thioether (sulfide) groups is 1. The van der Waals surface area contributed by atoms with Crippen molar-refractivity contribution in [2.75, 3.05) is 44.2 Å². The van der Waals surface area contributed by atoms with E-state index in [2.05, 4.69) is 15.0 Å². The Balaban J connectivity index is 3.13. The molecular weight excluding hydrogens is 198 g/mol. The highest BCUT2D eigenvalue weighted by Gasteiger charge is 2.08. The number of rotatable bonds is 3. The van der Waals surface area contributed by atoms with Gasteiger partial charge in [0.25, 0.3) is 0 Å². The summed E-state index contributed by atoms with van der Waals surface area (Å²) in [5.74, 6) is 1.38. The minimum absolute atomic E-state index is 0.688. The molecule has 1 aromatic rings. The Morgan fingerprint density at radius 1 is 0.857 bits per heavy atom. The molecule has 0 aliphatic heterocycles. The average molecular weight is 213 g/mol. The van der Waals surface area contributed by atoms with Crippen LogP contribution in [0.2, 0.25) is 0 Å². The zero-order valence-electron chi connectivity index (χ0n) is 9.14. The van der Waals surface area contributed by atoms with Gasteiger partial charge < -0.3 is 9.80 Å². The zero-order valence-corrected chi connectivity index (χ0v) is 9.96. The summed E-state index contributed by atoms with van der Waals surface area (Å²) in [6, 6.07) is 0. The van der Waals surface area contributed by atoms with E-state index in [1.54, 1.807) is 0 Å². The van der Waals surface area contributed by atoms with Gasteiger partial charge in [0.1, 0.15) is 0 Å². The van der Waals surface area contributed by atoms with Crippen molar-refractivity contribution in [1.82, 2.24) is 15.0 Å². The van der Waals surface area contributed by atoms with E-state index in [1.165, 1.54) is 11.8 Å². The summed E-state index contributed by atoms with van der Waals surface area (Å²) in [5, 5.41) is 0.743. The maximum Gasteiger partial charge on any atom is 0.230 e. The van der Waals surface area contributed by atoms with Crippen LogP contribution in [-0.2, 0) is 0 Å². The van der Waals surface area contributed by atoms with E-state index in [0.29, 0.717) is 11.9 Å². The number of aromatic nitrogens is 3. The van der Waals surface area contributed by atoms with Gasteiger partial charge in [-0.2, -0.15) is 15.0 Å². The second-order valence-electron chi connectivity index (χ2n) is 3.21. The summed E-state index contributed by atoms with van der Waals surface area (Å²) in [6.07, 6.45) is 1.95. The van der Waals surface area contributed by atoms with Gasteiger partial charge in [-0.25, -0.2) is 0 Å². The van der Waals surface area contributed by atoms with E-state index in [4.69, 9.17) is 0 Å². The van der Waals surface area contributed by atoms with E-state index in [9.17, 15) is 0 Å². The van der Waals surface area contributed by atoms with Gasteiger partial charge in [-0.15, -0.1) is 0 Å².